The van der Waals surface area contributed by atoms with E-state index in [1.54, 1.807) is 0 Å². The van der Waals surface area contributed by atoms with E-state index in [0.717, 1.165) is 11.5 Å². The van der Waals surface area contributed by atoms with Gasteiger partial charge in [-0.25, -0.2) is 0 Å². The molecule has 0 aliphatic rings. The van der Waals surface area contributed by atoms with Gasteiger partial charge in [0.15, 0.2) is 0 Å². The molecule has 1 aromatic rings. The monoisotopic (exact) mass is 226 g/mol. The van der Waals surface area contributed by atoms with E-state index in [4.69, 9.17) is 11.2 Å². The first kappa shape index (κ1) is 13.1. The molecule has 0 aliphatic carbocycles. The molecule has 1 rings (SSSR count). The van der Waals surface area contributed by atoms with Crippen LogP contribution >= 0.6 is 0 Å². The van der Waals surface area contributed by atoms with E-state index in [1.807, 2.05) is 56.3 Å². The van der Waals surface area contributed by atoms with Crippen molar-refractivity contribution < 1.29 is 4.74 Å². The number of aryl methyl sites for hydroxylation is 1. The van der Waals surface area contributed by atoms with Crippen LogP contribution in [-0.2, 0) is 0 Å². The summed E-state index contributed by atoms with van der Waals surface area (Å²) < 4.78 is 5.72. The fourth-order valence-electron chi connectivity index (χ4n) is 1.23. The van der Waals surface area contributed by atoms with Gasteiger partial charge in [0.1, 0.15) is 11.5 Å². The third kappa shape index (κ3) is 4.61. The van der Waals surface area contributed by atoms with E-state index in [1.165, 1.54) is 5.56 Å². The van der Waals surface area contributed by atoms with Gasteiger partial charge in [-0.15, -0.1) is 6.42 Å². The Morgan fingerprint density at radius 1 is 1.35 bits per heavy atom. The number of terminal acetylenes is 1. The van der Waals surface area contributed by atoms with E-state index < -0.39 is 0 Å². The van der Waals surface area contributed by atoms with Crippen LogP contribution in [0.3, 0.4) is 0 Å². The maximum atomic E-state index is 5.72. The molecule has 0 N–H and O–H groups in total. The first-order valence-corrected chi connectivity index (χ1v) is 5.71. The predicted molar refractivity (Wildman–Crippen MR) is 72.7 cm³/mol. The quantitative estimate of drug-likeness (QED) is 0.426. The van der Waals surface area contributed by atoms with Crippen molar-refractivity contribution in [3.8, 4) is 18.1 Å². The summed E-state index contributed by atoms with van der Waals surface area (Å²) in [4.78, 5) is 0. The van der Waals surface area contributed by atoms with Gasteiger partial charge in [-0.3, -0.25) is 0 Å². The number of allylic oxidation sites excluding steroid dienone is 3. The van der Waals surface area contributed by atoms with Gasteiger partial charge in [0, 0.05) is 5.92 Å². The number of ether oxygens (including phenoxy) is 1. The van der Waals surface area contributed by atoms with E-state index in [-0.39, 0.29) is 5.92 Å². The van der Waals surface area contributed by atoms with Gasteiger partial charge in [0.25, 0.3) is 0 Å². The van der Waals surface area contributed by atoms with Crippen molar-refractivity contribution in [3.05, 3.63) is 53.8 Å². The summed E-state index contributed by atoms with van der Waals surface area (Å²) in [5.41, 5.74) is 1.22. The van der Waals surface area contributed by atoms with Gasteiger partial charge in [-0.05, 0) is 45.1 Å². The molecule has 1 atom stereocenters. The Morgan fingerprint density at radius 3 is 2.53 bits per heavy atom. The van der Waals surface area contributed by atoms with Crippen molar-refractivity contribution in [1.82, 2.24) is 0 Å². The third-order valence-electron chi connectivity index (χ3n) is 2.35. The summed E-state index contributed by atoms with van der Waals surface area (Å²) in [6, 6.07) is 7.96. The second-order valence-electron chi connectivity index (χ2n) is 3.92. The summed E-state index contributed by atoms with van der Waals surface area (Å²) in [6.45, 7) is 5.96. The van der Waals surface area contributed by atoms with Crippen molar-refractivity contribution in [3.63, 3.8) is 0 Å². The van der Waals surface area contributed by atoms with E-state index >= 15 is 0 Å². The lowest BCUT2D eigenvalue weighted by molar-refractivity contribution is 0.443. The minimum Gasteiger partial charge on any atom is -0.458 e. The Hall–Kier alpha value is -1.94. The van der Waals surface area contributed by atoms with Gasteiger partial charge in [0.05, 0.1) is 0 Å². The Morgan fingerprint density at radius 2 is 2.00 bits per heavy atom. The highest BCUT2D eigenvalue weighted by molar-refractivity contribution is 5.29. The average Bonchev–Trinajstić information content (AvgIpc) is 2.36. The molecule has 0 spiro atoms. The van der Waals surface area contributed by atoms with Crippen LogP contribution in [0.5, 0.6) is 5.75 Å². The van der Waals surface area contributed by atoms with E-state index in [2.05, 4.69) is 12.8 Å². The van der Waals surface area contributed by atoms with Crippen molar-refractivity contribution in [1.29, 1.82) is 0 Å². The van der Waals surface area contributed by atoms with Crippen LogP contribution < -0.4 is 4.74 Å². The summed E-state index contributed by atoms with van der Waals surface area (Å²) in [5.74, 6) is 4.40. The molecule has 88 valence electrons. The molecule has 1 aromatic carbocycles. The molecule has 0 radical (unpaired) electrons. The van der Waals surface area contributed by atoms with Crippen LogP contribution in [0, 0.1) is 25.2 Å². The summed E-state index contributed by atoms with van der Waals surface area (Å²) >= 11 is 0. The predicted octanol–water partition coefficient (Wildman–Crippen LogP) is 4.10. The van der Waals surface area contributed by atoms with E-state index in [0.29, 0.717) is 0 Å². The van der Waals surface area contributed by atoms with Crippen molar-refractivity contribution in [2.45, 2.75) is 20.8 Å². The van der Waals surface area contributed by atoms with Crippen LogP contribution in [0.4, 0.5) is 0 Å². The minimum atomic E-state index is 0.117. The highest BCUT2D eigenvalue weighted by atomic mass is 16.5. The van der Waals surface area contributed by atoms with Crippen molar-refractivity contribution in [2.24, 2.45) is 5.92 Å². The normalized spacial score (nSPS) is 13.4. The van der Waals surface area contributed by atoms with Gasteiger partial charge in [-0.2, -0.15) is 0 Å². The Balaban J connectivity index is 2.69. The third-order valence-corrected chi connectivity index (χ3v) is 2.35. The Bertz CT molecular complexity index is 443. The fourth-order valence-corrected chi connectivity index (χ4v) is 1.23. The molecule has 0 aliphatic heterocycles. The molecular weight excluding hydrogens is 208 g/mol. The van der Waals surface area contributed by atoms with Crippen LogP contribution in [0.25, 0.3) is 0 Å². The van der Waals surface area contributed by atoms with Crippen molar-refractivity contribution >= 4 is 0 Å². The number of hydrogen-bond acceptors (Lipinski definition) is 1. The zero-order valence-electron chi connectivity index (χ0n) is 10.6. The fraction of sp³-hybridized carbons (Fsp3) is 0.250. The summed E-state index contributed by atoms with van der Waals surface area (Å²) in [6.07, 6.45) is 11.1. The molecule has 17 heavy (non-hydrogen) atoms. The second kappa shape index (κ2) is 6.60. The average molecular weight is 226 g/mol. The summed E-state index contributed by atoms with van der Waals surface area (Å²) in [7, 11) is 0. The Kier molecular flexibility index (Phi) is 5.10. The van der Waals surface area contributed by atoms with Crippen LogP contribution in [0.2, 0.25) is 0 Å². The molecule has 1 heteroatoms. The molecule has 0 saturated heterocycles. The largest absolute Gasteiger partial charge is 0.458 e. The second-order valence-corrected chi connectivity index (χ2v) is 3.92. The maximum Gasteiger partial charge on any atom is 0.127 e. The number of benzene rings is 1. The van der Waals surface area contributed by atoms with Gasteiger partial charge < -0.3 is 4.74 Å². The highest BCUT2D eigenvalue weighted by Gasteiger charge is 1.97. The lowest BCUT2D eigenvalue weighted by Gasteiger charge is -2.06. The summed E-state index contributed by atoms with van der Waals surface area (Å²) in [5, 5.41) is 0. The number of rotatable bonds is 4. The zero-order valence-corrected chi connectivity index (χ0v) is 10.6. The molecule has 0 bridgehead atoms. The topological polar surface area (TPSA) is 9.23 Å². The molecule has 0 amide bonds. The molecular formula is C16H18O. The van der Waals surface area contributed by atoms with Gasteiger partial charge in [-0.1, -0.05) is 29.7 Å². The van der Waals surface area contributed by atoms with Gasteiger partial charge >= 0.3 is 0 Å². The number of hydrogen-bond donors (Lipinski definition) is 0. The van der Waals surface area contributed by atoms with Crippen LogP contribution in [-0.4, -0.2) is 0 Å². The smallest absolute Gasteiger partial charge is 0.127 e. The van der Waals surface area contributed by atoms with Gasteiger partial charge in [0.2, 0.25) is 0 Å². The minimum absolute atomic E-state index is 0.117. The Labute approximate surface area is 104 Å². The molecule has 0 aromatic heterocycles. The van der Waals surface area contributed by atoms with Crippen LogP contribution in [0.1, 0.15) is 19.4 Å². The first-order valence-electron chi connectivity index (χ1n) is 5.71. The molecule has 0 fully saturated rings. The lowest BCUT2D eigenvalue weighted by Crippen LogP contribution is -1.93. The SMILES string of the molecule is C#CC(C)/C=C\C(=C/C)Oc1ccc(C)cc1. The maximum absolute atomic E-state index is 5.72. The molecule has 1 unspecified atom stereocenters. The first-order chi connectivity index (χ1) is 8.15. The lowest BCUT2D eigenvalue weighted by atomic mass is 10.2. The standard InChI is InChI=1S/C16H18O/c1-5-13(3)7-10-15(6-2)17-16-11-8-14(4)9-12-16/h1,6-13H,2-4H3/b10-7-,15-6+. The zero-order chi connectivity index (χ0) is 12.7. The van der Waals surface area contributed by atoms with E-state index in [9.17, 15) is 0 Å². The molecule has 0 heterocycles. The molecule has 1 nitrogen and oxygen atoms in total. The van der Waals surface area contributed by atoms with Crippen LogP contribution in [0.15, 0.2) is 48.3 Å². The molecule has 0 saturated carbocycles. The highest BCUT2D eigenvalue weighted by Crippen LogP contribution is 2.15. The van der Waals surface area contributed by atoms with Crippen molar-refractivity contribution in [2.75, 3.05) is 0 Å².